The smallest absolute Gasteiger partial charge is 0.338 e. The quantitative estimate of drug-likeness (QED) is 0.845. The Hall–Kier alpha value is -0.920. The minimum atomic E-state index is -3.90. The summed E-state index contributed by atoms with van der Waals surface area (Å²) < 4.78 is 28.4. The first-order chi connectivity index (χ1) is 8.66. The molecule has 0 aliphatic heterocycles. The summed E-state index contributed by atoms with van der Waals surface area (Å²) in [7, 11) is -3.90. The summed E-state index contributed by atoms with van der Waals surface area (Å²) in [6.45, 7) is 5.34. The second-order valence-corrected chi connectivity index (χ2v) is 6.60. The highest BCUT2D eigenvalue weighted by Gasteiger charge is 2.19. The number of rotatable bonds is 4. The molecular weight excluding hydrogens is 334 g/mol. The fraction of sp³-hybridized carbons (Fsp3) is 0.417. The molecule has 0 bridgehead atoms. The lowest BCUT2D eigenvalue weighted by molar-refractivity contribution is 0.0334. The number of hydrogen-bond acceptors (Lipinski definition) is 4. The SMILES string of the molecule is CCC(C)OC(=O)c1cc(C)c(Br)c(S(N)(=O)=O)c1. The molecule has 0 aliphatic rings. The first-order valence-corrected chi connectivity index (χ1v) is 8.04. The maximum atomic E-state index is 11.9. The molecular formula is C12H16BrNO4S. The van der Waals surface area contributed by atoms with Gasteiger partial charge in [0, 0.05) is 4.47 Å². The predicted octanol–water partition coefficient (Wildman–Crippen LogP) is 2.36. The van der Waals surface area contributed by atoms with Gasteiger partial charge in [-0.3, -0.25) is 0 Å². The van der Waals surface area contributed by atoms with Crippen LogP contribution < -0.4 is 5.14 Å². The lowest BCUT2D eigenvalue weighted by Crippen LogP contribution is -2.17. The van der Waals surface area contributed by atoms with Crippen molar-refractivity contribution in [2.24, 2.45) is 5.14 Å². The van der Waals surface area contributed by atoms with Gasteiger partial charge in [0.15, 0.2) is 0 Å². The van der Waals surface area contributed by atoms with Gasteiger partial charge in [-0.1, -0.05) is 6.92 Å². The third-order valence-corrected chi connectivity index (χ3v) is 4.90. The van der Waals surface area contributed by atoms with Gasteiger partial charge in [-0.2, -0.15) is 0 Å². The molecule has 0 aliphatic carbocycles. The molecule has 7 heteroatoms. The number of esters is 1. The second-order valence-electron chi connectivity index (χ2n) is 4.27. The van der Waals surface area contributed by atoms with Crippen LogP contribution in [-0.2, 0) is 14.8 Å². The zero-order valence-electron chi connectivity index (χ0n) is 10.9. The Balaban J connectivity index is 3.25. The predicted molar refractivity (Wildman–Crippen MR) is 75.4 cm³/mol. The van der Waals surface area contributed by atoms with Crippen LogP contribution in [-0.4, -0.2) is 20.5 Å². The van der Waals surface area contributed by atoms with E-state index >= 15 is 0 Å². The molecule has 19 heavy (non-hydrogen) atoms. The molecule has 5 nitrogen and oxygen atoms in total. The third-order valence-electron chi connectivity index (χ3n) is 2.65. The Kier molecular flexibility index (Phi) is 5.11. The number of sulfonamides is 1. The fourth-order valence-electron chi connectivity index (χ4n) is 1.40. The van der Waals surface area contributed by atoms with Crippen LogP contribution in [0.15, 0.2) is 21.5 Å². The number of aryl methyl sites for hydroxylation is 1. The maximum absolute atomic E-state index is 11.9. The van der Waals surface area contributed by atoms with E-state index in [1.54, 1.807) is 19.9 Å². The molecule has 0 aromatic heterocycles. The number of primary sulfonamides is 1. The van der Waals surface area contributed by atoms with E-state index in [0.717, 1.165) is 0 Å². The highest BCUT2D eigenvalue weighted by molar-refractivity contribution is 9.10. The summed E-state index contributed by atoms with van der Waals surface area (Å²) >= 11 is 3.15. The topological polar surface area (TPSA) is 86.5 Å². The molecule has 1 aromatic rings. The Morgan fingerprint density at radius 2 is 2.05 bits per heavy atom. The number of ether oxygens (including phenoxy) is 1. The number of carbonyl (C=O) groups is 1. The summed E-state index contributed by atoms with van der Waals surface area (Å²) in [5.74, 6) is -0.560. The number of carbonyl (C=O) groups excluding carboxylic acids is 1. The van der Waals surface area contributed by atoms with E-state index in [1.807, 2.05) is 6.92 Å². The molecule has 1 rings (SSSR count). The molecule has 0 amide bonds. The number of benzene rings is 1. The van der Waals surface area contributed by atoms with Crippen LogP contribution in [0, 0.1) is 6.92 Å². The summed E-state index contributed by atoms with van der Waals surface area (Å²) in [5, 5.41) is 5.11. The number of nitrogens with two attached hydrogens (primary N) is 1. The van der Waals surface area contributed by atoms with Crippen molar-refractivity contribution in [1.29, 1.82) is 0 Å². The standard InChI is InChI=1S/C12H16BrNO4S/c1-4-8(3)18-12(15)9-5-7(2)11(13)10(6-9)19(14,16)17/h5-6,8H,4H2,1-3H3,(H2,14,16,17). The van der Waals surface area contributed by atoms with Crippen LogP contribution >= 0.6 is 15.9 Å². The van der Waals surface area contributed by atoms with Gasteiger partial charge in [0.25, 0.3) is 0 Å². The van der Waals surface area contributed by atoms with Gasteiger partial charge in [-0.25, -0.2) is 18.4 Å². The molecule has 1 atom stereocenters. The van der Waals surface area contributed by atoms with Crippen LogP contribution in [0.3, 0.4) is 0 Å². The van der Waals surface area contributed by atoms with Gasteiger partial charge in [0.05, 0.1) is 16.6 Å². The Labute approximate surface area is 121 Å². The van der Waals surface area contributed by atoms with E-state index in [9.17, 15) is 13.2 Å². The van der Waals surface area contributed by atoms with Crippen molar-refractivity contribution in [3.05, 3.63) is 27.7 Å². The van der Waals surface area contributed by atoms with Crippen LogP contribution in [0.1, 0.15) is 36.2 Å². The third kappa shape index (κ3) is 4.02. The number of hydrogen-bond donors (Lipinski definition) is 1. The van der Waals surface area contributed by atoms with Crippen molar-refractivity contribution in [3.8, 4) is 0 Å². The Morgan fingerprint density at radius 3 is 2.53 bits per heavy atom. The Morgan fingerprint density at radius 1 is 1.47 bits per heavy atom. The van der Waals surface area contributed by atoms with E-state index in [1.165, 1.54) is 6.07 Å². The van der Waals surface area contributed by atoms with Crippen LogP contribution in [0.2, 0.25) is 0 Å². The van der Waals surface area contributed by atoms with Gasteiger partial charge in [0.2, 0.25) is 10.0 Å². The molecule has 0 radical (unpaired) electrons. The zero-order chi connectivity index (χ0) is 14.8. The van der Waals surface area contributed by atoms with Gasteiger partial charge >= 0.3 is 5.97 Å². The normalized spacial score (nSPS) is 13.1. The van der Waals surface area contributed by atoms with Gasteiger partial charge < -0.3 is 4.74 Å². The first kappa shape index (κ1) is 16.1. The summed E-state index contributed by atoms with van der Waals surface area (Å²) in [5.41, 5.74) is 0.771. The zero-order valence-corrected chi connectivity index (χ0v) is 13.3. The molecule has 106 valence electrons. The van der Waals surface area contributed by atoms with Crippen molar-refractivity contribution in [2.75, 3.05) is 0 Å². The average molecular weight is 350 g/mol. The highest BCUT2D eigenvalue weighted by Crippen LogP contribution is 2.27. The van der Waals surface area contributed by atoms with Crippen LogP contribution in [0.5, 0.6) is 0 Å². The number of halogens is 1. The lowest BCUT2D eigenvalue weighted by Gasteiger charge is -2.13. The monoisotopic (exact) mass is 349 g/mol. The van der Waals surface area contributed by atoms with Crippen molar-refractivity contribution >= 4 is 31.9 Å². The molecule has 2 N–H and O–H groups in total. The van der Waals surface area contributed by atoms with Gasteiger partial charge in [-0.05, 0) is 53.9 Å². The summed E-state index contributed by atoms with van der Waals surface area (Å²) in [6.07, 6.45) is 0.456. The van der Waals surface area contributed by atoms with E-state index in [0.29, 0.717) is 16.5 Å². The van der Waals surface area contributed by atoms with Crippen molar-refractivity contribution in [3.63, 3.8) is 0 Å². The molecule has 1 unspecified atom stereocenters. The van der Waals surface area contributed by atoms with E-state index in [-0.39, 0.29) is 16.6 Å². The largest absolute Gasteiger partial charge is 0.459 e. The van der Waals surface area contributed by atoms with Crippen LogP contribution in [0.25, 0.3) is 0 Å². The highest BCUT2D eigenvalue weighted by atomic mass is 79.9. The molecule has 0 spiro atoms. The molecule has 0 heterocycles. The minimum Gasteiger partial charge on any atom is -0.459 e. The molecule has 1 aromatic carbocycles. The van der Waals surface area contributed by atoms with Crippen molar-refractivity contribution in [2.45, 2.75) is 38.2 Å². The van der Waals surface area contributed by atoms with Crippen molar-refractivity contribution in [1.82, 2.24) is 0 Å². The average Bonchev–Trinajstić information content (AvgIpc) is 2.30. The summed E-state index contributed by atoms with van der Waals surface area (Å²) in [4.78, 5) is 11.8. The van der Waals surface area contributed by atoms with Gasteiger partial charge in [-0.15, -0.1) is 0 Å². The second kappa shape index (κ2) is 6.02. The van der Waals surface area contributed by atoms with E-state index < -0.39 is 16.0 Å². The van der Waals surface area contributed by atoms with Crippen LogP contribution in [0.4, 0.5) is 0 Å². The van der Waals surface area contributed by atoms with E-state index in [2.05, 4.69) is 15.9 Å². The fourth-order valence-corrected chi connectivity index (χ4v) is 3.00. The molecule has 0 fully saturated rings. The maximum Gasteiger partial charge on any atom is 0.338 e. The Bertz CT molecular complexity index is 598. The molecule has 0 saturated carbocycles. The van der Waals surface area contributed by atoms with E-state index in [4.69, 9.17) is 9.88 Å². The molecule has 0 saturated heterocycles. The lowest BCUT2D eigenvalue weighted by atomic mass is 10.1. The van der Waals surface area contributed by atoms with Gasteiger partial charge in [0.1, 0.15) is 0 Å². The van der Waals surface area contributed by atoms with Crippen molar-refractivity contribution < 1.29 is 17.9 Å². The summed E-state index contributed by atoms with van der Waals surface area (Å²) in [6, 6.07) is 2.78. The first-order valence-electron chi connectivity index (χ1n) is 5.70. The minimum absolute atomic E-state index is 0.122.